The molecule has 0 saturated carbocycles. The summed E-state index contributed by atoms with van der Waals surface area (Å²) in [7, 11) is 0. The highest BCUT2D eigenvalue weighted by atomic mass is 35.5. The fourth-order valence-electron chi connectivity index (χ4n) is 2.16. The standard InChI is InChI=1S/C15H19ClN2O3/c16-13-3-1-2-12(10-13)4-5-17-14(19)11-15(20)18-6-8-21-9-7-18/h1-3,10H,4-9,11H2,(H,17,19). The van der Waals surface area contributed by atoms with Crippen LogP contribution in [0.1, 0.15) is 12.0 Å². The van der Waals surface area contributed by atoms with Gasteiger partial charge in [0.2, 0.25) is 11.8 Å². The molecule has 0 unspecified atom stereocenters. The number of rotatable bonds is 5. The second kappa shape index (κ2) is 8.00. The Hall–Kier alpha value is -1.59. The Morgan fingerprint density at radius 1 is 1.29 bits per heavy atom. The zero-order valence-electron chi connectivity index (χ0n) is 11.8. The number of morpholine rings is 1. The van der Waals surface area contributed by atoms with Crippen LogP contribution in [0, 0.1) is 0 Å². The lowest BCUT2D eigenvalue weighted by Crippen LogP contribution is -2.42. The maximum absolute atomic E-state index is 11.9. The molecule has 0 aromatic heterocycles. The first-order valence-corrected chi connectivity index (χ1v) is 7.39. The van der Waals surface area contributed by atoms with E-state index in [0.717, 1.165) is 5.56 Å². The van der Waals surface area contributed by atoms with Crippen LogP contribution in [0.15, 0.2) is 24.3 Å². The number of amides is 2. The molecule has 1 saturated heterocycles. The van der Waals surface area contributed by atoms with E-state index in [9.17, 15) is 9.59 Å². The molecule has 114 valence electrons. The third-order valence-corrected chi connectivity index (χ3v) is 3.54. The maximum atomic E-state index is 11.9. The fraction of sp³-hybridized carbons (Fsp3) is 0.467. The van der Waals surface area contributed by atoms with Crippen molar-refractivity contribution in [3.8, 4) is 0 Å². The van der Waals surface area contributed by atoms with E-state index in [1.54, 1.807) is 4.90 Å². The molecule has 1 aliphatic rings. The van der Waals surface area contributed by atoms with Crippen LogP contribution in [0.4, 0.5) is 0 Å². The van der Waals surface area contributed by atoms with E-state index >= 15 is 0 Å². The summed E-state index contributed by atoms with van der Waals surface area (Å²) in [4.78, 5) is 25.3. The lowest BCUT2D eigenvalue weighted by atomic mass is 10.1. The Kier molecular flexibility index (Phi) is 6.02. The number of hydrogen-bond donors (Lipinski definition) is 1. The molecule has 0 aliphatic carbocycles. The van der Waals surface area contributed by atoms with E-state index in [1.807, 2.05) is 24.3 Å². The predicted octanol–water partition coefficient (Wildman–Crippen LogP) is 1.25. The monoisotopic (exact) mass is 310 g/mol. The smallest absolute Gasteiger partial charge is 0.232 e. The van der Waals surface area contributed by atoms with Gasteiger partial charge in [-0.1, -0.05) is 23.7 Å². The molecule has 6 heteroatoms. The van der Waals surface area contributed by atoms with Gasteiger partial charge in [0, 0.05) is 24.7 Å². The molecule has 1 fully saturated rings. The minimum absolute atomic E-state index is 0.102. The van der Waals surface area contributed by atoms with E-state index in [0.29, 0.717) is 44.3 Å². The third kappa shape index (κ3) is 5.36. The summed E-state index contributed by atoms with van der Waals surface area (Å²) in [5, 5.41) is 3.44. The van der Waals surface area contributed by atoms with E-state index in [2.05, 4.69) is 5.32 Å². The van der Waals surface area contributed by atoms with Gasteiger partial charge in [-0.25, -0.2) is 0 Å². The molecular weight excluding hydrogens is 292 g/mol. The van der Waals surface area contributed by atoms with Crippen LogP contribution < -0.4 is 5.32 Å². The predicted molar refractivity (Wildman–Crippen MR) is 80.2 cm³/mol. The van der Waals surface area contributed by atoms with E-state index in [-0.39, 0.29) is 18.2 Å². The molecule has 0 radical (unpaired) electrons. The lowest BCUT2D eigenvalue weighted by molar-refractivity contribution is -0.139. The van der Waals surface area contributed by atoms with Gasteiger partial charge in [-0.2, -0.15) is 0 Å². The van der Waals surface area contributed by atoms with Gasteiger partial charge in [-0.15, -0.1) is 0 Å². The Bertz CT molecular complexity index is 501. The number of ether oxygens (including phenoxy) is 1. The first-order chi connectivity index (χ1) is 10.1. The topological polar surface area (TPSA) is 58.6 Å². The Morgan fingerprint density at radius 2 is 2.05 bits per heavy atom. The van der Waals surface area contributed by atoms with Gasteiger partial charge in [0.25, 0.3) is 0 Å². The highest BCUT2D eigenvalue weighted by Crippen LogP contribution is 2.10. The minimum Gasteiger partial charge on any atom is -0.378 e. The lowest BCUT2D eigenvalue weighted by Gasteiger charge is -2.26. The SMILES string of the molecule is O=C(CC(=O)N1CCOCC1)NCCc1cccc(Cl)c1. The Morgan fingerprint density at radius 3 is 2.76 bits per heavy atom. The molecule has 1 aliphatic heterocycles. The highest BCUT2D eigenvalue weighted by molar-refractivity contribution is 6.30. The number of carbonyl (C=O) groups excluding carboxylic acids is 2. The zero-order chi connectivity index (χ0) is 15.1. The van der Waals surface area contributed by atoms with Crippen molar-refractivity contribution in [2.45, 2.75) is 12.8 Å². The van der Waals surface area contributed by atoms with Crippen LogP contribution in [0.25, 0.3) is 0 Å². The van der Waals surface area contributed by atoms with Crippen molar-refractivity contribution in [1.29, 1.82) is 0 Å². The summed E-state index contributed by atoms with van der Waals surface area (Å²) in [6, 6.07) is 7.51. The number of nitrogens with one attached hydrogen (secondary N) is 1. The van der Waals surface area contributed by atoms with Crippen LogP contribution in [-0.4, -0.2) is 49.6 Å². The summed E-state index contributed by atoms with van der Waals surface area (Å²) >= 11 is 5.89. The van der Waals surface area contributed by atoms with Crippen molar-refractivity contribution in [2.75, 3.05) is 32.8 Å². The van der Waals surface area contributed by atoms with Gasteiger partial charge in [0.1, 0.15) is 6.42 Å². The molecule has 1 aromatic rings. The van der Waals surface area contributed by atoms with Gasteiger partial charge in [0.05, 0.1) is 13.2 Å². The third-order valence-electron chi connectivity index (χ3n) is 3.30. The van der Waals surface area contributed by atoms with Crippen molar-refractivity contribution in [1.82, 2.24) is 10.2 Å². The normalized spacial score (nSPS) is 14.8. The zero-order valence-corrected chi connectivity index (χ0v) is 12.6. The summed E-state index contributed by atoms with van der Waals surface area (Å²) < 4.78 is 5.17. The summed E-state index contributed by atoms with van der Waals surface area (Å²) in [5.41, 5.74) is 1.06. The quantitative estimate of drug-likeness (QED) is 0.833. The molecule has 21 heavy (non-hydrogen) atoms. The van der Waals surface area contributed by atoms with Gasteiger partial charge in [-0.05, 0) is 24.1 Å². The highest BCUT2D eigenvalue weighted by Gasteiger charge is 2.19. The molecule has 1 aromatic carbocycles. The molecule has 2 amide bonds. The largest absolute Gasteiger partial charge is 0.378 e. The van der Waals surface area contributed by atoms with Crippen LogP contribution >= 0.6 is 11.6 Å². The summed E-state index contributed by atoms with van der Waals surface area (Å²) in [5.74, 6) is -0.382. The van der Waals surface area contributed by atoms with Gasteiger partial charge >= 0.3 is 0 Å². The maximum Gasteiger partial charge on any atom is 0.232 e. The molecule has 1 N–H and O–H groups in total. The van der Waals surface area contributed by atoms with Crippen molar-refractivity contribution >= 4 is 23.4 Å². The molecule has 0 spiro atoms. The van der Waals surface area contributed by atoms with Crippen molar-refractivity contribution < 1.29 is 14.3 Å². The Labute approximate surface area is 129 Å². The van der Waals surface area contributed by atoms with E-state index in [1.165, 1.54) is 0 Å². The molecule has 0 atom stereocenters. The summed E-state index contributed by atoms with van der Waals surface area (Å²) in [6.45, 7) is 2.71. The number of halogens is 1. The van der Waals surface area contributed by atoms with Crippen LogP contribution in [0.2, 0.25) is 5.02 Å². The minimum atomic E-state index is -0.242. The van der Waals surface area contributed by atoms with Crippen molar-refractivity contribution in [2.24, 2.45) is 0 Å². The molecule has 5 nitrogen and oxygen atoms in total. The Balaban J connectivity index is 1.68. The van der Waals surface area contributed by atoms with Gasteiger partial charge < -0.3 is 15.0 Å². The van der Waals surface area contributed by atoms with E-state index in [4.69, 9.17) is 16.3 Å². The number of carbonyl (C=O) groups is 2. The molecule has 1 heterocycles. The number of benzene rings is 1. The second-order valence-electron chi connectivity index (χ2n) is 4.90. The first kappa shape index (κ1) is 15.8. The average Bonchev–Trinajstić information content (AvgIpc) is 2.48. The van der Waals surface area contributed by atoms with Crippen LogP contribution in [0.3, 0.4) is 0 Å². The fourth-order valence-corrected chi connectivity index (χ4v) is 2.38. The van der Waals surface area contributed by atoms with Crippen molar-refractivity contribution in [3.63, 3.8) is 0 Å². The molecule has 2 rings (SSSR count). The van der Waals surface area contributed by atoms with E-state index < -0.39 is 0 Å². The number of nitrogens with zero attached hydrogens (tertiary/aromatic N) is 1. The molecular formula is C15H19ClN2O3. The first-order valence-electron chi connectivity index (χ1n) is 7.02. The van der Waals surface area contributed by atoms with Crippen LogP contribution in [0.5, 0.6) is 0 Å². The van der Waals surface area contributed by atoms with Gasteiger partial charge in [0.15, 0.2) is 0 Å². The van der Waals surface area contributed by atoms with Crippen molar-refractivity contribution in [3.05, 3.63) is 34.9 Å². The molecule has 0 bridgehead atoms. The van der Waals surface area contributed by atoms with Gasteiger partial charge in [-0.3, -0.25) is 9.59 Å². The average molecular weight is 311 g/mol. The number of hydrogen-bond acceptors (Lipinski definition) is 3. The van der Waals surface area contributed by atoms with Crippen LogP contribution in [-0.2, 0) is 20.7 Å². The second-order valence-corrected chi connectivity index (χ2v) is 5.34. The summed E-state index contributed by atoms with van der Waals surface area (Å²) in [6.07, 6.45) is 0.591.